The van der Waals surface area contributed by atoms with Gasteiger partial charge in [0, 0.05) is 30.7 Å². The van der Waals surface area contributed by atoms with Crippen molar-refractivity contribution in [3.8, 4) is 0 Å². The first-order valence-corrected chi connectivity index (χ1v) is 7.25. The molecule has 3 N–H and O–H groups in total. The lowest BCUT2D eigenvalue weighted by molar-refractivity contribution is -0.114. The quantitative estimate of drug-likeness (QED) is 0.671. The predicted octanol–water partition coefficient (Wildman–Crippen LogP) is 3.80. The lowest BCUT2D eigenvalue weighted by Crippen LogP contribution is -2.05. The van der Waals surface area contributed by atoms with E-state index in [1.807, 2.05) is 55.6 Å². The number of amides is 1. The summed E-state index contributed by atoms with van der Waals surface area (Å²) in [5.41, 5.74) is 2.46. The van der Waals surface area contributed by atoms with E-state index in [1.165, 1.54) is 6.92 Å². The minimum absolute atomic E-state index is 0. The van der Waals surface area contributed by atoms with Crippen molar-refractivity contribution in [2.75, 3.05) is 23.0 Å². The molecular formula is C17H18ClN5O. The van der Waals surface area contributed by atoms with E-state index in [0.717, 1.165) is 28.1 Å². The Morgan fingerprint density at radius 2 is 1.62 bits per heavy atom. The van der Waals surface area contributed by atoms with Gasteiger partial charge in [-0.25, -0.2) is 4.98 Å². The molecule has 0 aliphatic carbocycles. The van der Waals surface area contributed by atoms with Crippen molar-refractivity contribution in [1.82, 2.24) is 9.97 Å². The fraction of sp³-hybridized carbons (Fsp3) is 0.118. The molecule has 0 aliphatic heterocycles. The average Bonchev–Trinajstić information content (AvgIpc) is 2.55. The molecule has 2 aromatic carbocycles. The van der Waals surface area contributed by atoms with Gasteiger partial charge in [-0.1, -0.05) is 12.1 Å². The molecule has 24 heavy (non-hydrogen) atoms. The Kier molecular flexibility index (Phi) is 5.55. The number of carbonyl (C=O) groups excluding carboxylic acids is 1. The molecule has 3 rings (SSSR count). The number of para-hydroxylation sites is 1. The molecule has 0 fully saturated rings. The minimum atomic E-state index is -0.0952. The van der Waals surface area contributed by atoms with Crippen LogP contribution in [0, 0.1) is 0 Å². The number of hydrogen-bond donors (Lipinski definition) is 3. The number of anilines is 4. The largest absolute Gasteiger partial charge is 0.372 e. The molecule has 0 spiro atoms. The Morgan fingerprint density at radius 3 is 2.29 bits per heavy atom. The number of nitrogens with one attached hydrogen (secondary N) is 3. The first-order valence-electron chi connectivity index (χ1n) is 7.25. The van der Waals surface area contributed by atoms with Crippen molar-refractivity contribution < 1.29 is 4.79 Å². The summed E-state index contributed by atoms with van der Waals surface area (Å²) in [6.45, 7) is 1.48. The SMILES string of the molecule is CNc1nc(Nc2ccc(NC(C)=O)cc2)nc2ccccc12.Cl. The topological polar surface area (TPSA) is 78.9 Å². The first kappa shape index (κ1) is 17.5. The molecule has 7 heteroatoms. The van der Waals surface area contributed by atoms with Crippen LogP contribution in [-0.2, 0) is 4.79 Å². The van der Waals surface area contributed by atoms with Crippen LogP contribution in [0.2, 0.25) is 0 Å². The van der Waals surface area contributed by atoms with Gasteiger partial charge in [-0.15, -0.1) is 12.4 Å². The second-order valence-corrected chi connectivity index (χ2v) is 5.05. The van der Waals surface area contributed by atoms with Crippen LogP contribution in [-0.4, -0.2) is 22.9 Å². The highest BCUT2D eigenvalue weighted by atomic mass is 35.5. The normalized spacial score (nSPS) is 9.92. The van der Waals surface area contributed by atoms with Crippen molar-refractivity contribution in [2.45, 2.75) is 6.92 Å². The van der Waals surface area contributed by atoms with Crippen LogP contribution in [0.15, 0.2) is 48.5 Å². The Morgan fingerprint density at radius 1 is 0.958 bits per heavy atom. The highest BCUT2D eigenvalue weighted by molar-refractivity contribution is 5.90. The first-order chi connectivity index (χ1) is 11.2. The molecule has 0 saturated carbocycles. The number of halogens is 1. The van der Waals surface area contributed by atoms with Crippen molar-refractivity contribution in [2.24, 2.45) is 0 Å². The molecule has 124 valence electrons. The van der Waals surface area contributed by atoms with E-state index in [-0.39, 0.29) is 18.3 Å². The van der Waals surface area contributed by atoms with Crippen LogP contribution in [0.3, 0.4) is 0 Å². The fourth-order valence-corrected chi connectivity index (χ4v) is 2.29. The van der Waals surface area contributed by atoms with Gasteiger partial charge in [0.2, 0.25) is 11.9 Å². The number of rotatable bonds is 4. The van der Waals surface area contributed by atoms with Crippen LogP contribution < -0.4 is 16.0 Å². The van der Waals surface area contributed by atoms with Gasteiger partial charge in [0.05, 0.1) is 5.52 Å². The zero-order chi connectivity index (χ0) is 16.2. The summed E-state index contributed by atoms with van der Waals surface area (Å²) in [6, 6.07) is 15.2. The summed E-state index contributed by atoms with van der Waals surface area (Å²) in [5.74, 6) is 1.19. The van der Waals surface area contributed by atoms with Gasteiger partial charge >= 0.3 is 0 Å². The Labute approximate surface area is 146 Å². The monoisotopic (exact) mass is 343 g/mol. The van der Waals surface area contributed by atoms with Crippen molar-refractivity contribution >= 4 is 52.4 Å². The molecule has 1 heterocycles. The van der Waals surface area contributed by atoms with Gasteiger partial charge in [-0.2, -0.15) is 4.98 Å². The summed E-state index contributed by atoms with van der Waals surface area (Å²) in [6.07, 6.45) is 0. The molecule has 6 nitrogen and oxygen atoms in total. The molecule has 1 amide bonds. The molecule has 0 saturated heterocycles. The van der Waals surface area contributed by atoms with E-state index in [4.69, 9.17) is 0 Å². The molecular weight excluding hydrogens is 326 g/mol. The number of aromatic nitrogens is 2. The van der Waals surface area contributed by atoms with Gasteiger partial charge < -0.3 is 16.0 Å². The van der Waals surface area contributed by atoms with Crippen LogP contribution in [0.25, 0.3) is 10.9 Å². The molecule has 0 bridgehead atoms. The molecule has 0 unspecified atom stereocenters. The van der Waals surface area contributed by atoms with Gasteiger partial charge in [0.15, 0.2) is 0 Å². The van der Waals surface area contributed by atoms with E-state index in [1.54, 1.807) is 0 Å². The molecule has 0 aliphatic rings. The van der Waals surface area contributed by atoms with Crippen LogP contribution in [0.4, 0.5) is 23.1 Å². The lowest BCUT2D eigenvalue weighted by Gasteiger charge is -2.10. The minimum Gasteiger partial charge on any atom is -0.372 e. The van der Waals surface area contributed by atoms with Gasteiger partial charge in [-0.3, -0.25) is 4.79 Å². The van der Waals surface area contributed by atoms with Crippen LogP contribution >= 0.6 is 12.4 Å². The molecule has 0 radical (unpaired) electrons. The number of carbonyl (C=O) groups is 1. The molecule has 1 aromatic heterocycles. The summed E-state index contributed by atoms with van der Waals surface area (Å²) in [7, 11) is 1.83. The maximum atomic E-state index is 11.0. The second-order valence-electron chi connectivity index (χ2n) is 5.05. The van der Waals surface area contributed by atoms with Crippen molar-refractivity contribution in [1.29, 1.82) is 0 Å². The Hall–Kier alpha value is -2.86. The summed E-state index contributed by atoms with van der Waals surface area (Å²) in [4.78, 5) is 20.0. The van der Waals surface area contributed by atoms with Crippen molar-refractivity contribution in [3.05, 3.63) is 48.5 Å². The summed E-state index contributed by atoms with van der Waals surface area (Å²) >= 11 is 0. The number of nitrogens with zero attached hydrogens (tertiary/aromatic N) is 2. The highest BCUT2D eigenvalue weighted by Gasteiger charge is 2.06. The molecule has 0 atom stereocenters. The lowest BCUT2D eigenvalue weighted by atomic mass is 10.2. The number of fused-ring (bicyclic) bond motifs is 1. The number of benzene rings is 2. The Bertz CT molecular complexity index is 851. The smallest absolute Gasteiger partial charge is 0.229 e. The van der Waals surface area contributed by atoms with Crippen LogP contribution in [0.5, 0.6) is 0 Å². The fourth-order valence-electron chi connectivity index (χ4n) is 2.29. The Balaban J connectivity index is 0.00000208. The predicted molar refractivity (Wildman–Crippen MR) is 100 cm³/mol. The number of hydrogen-bond acceptors (Lipinski definition) is 5. The summed E-state index contributed by atoms with van der Waals surface area (Å²) in [5, 5.41) is 9.97. The van der Waals surface area contributed by atoms with Gasteiger partial charge in [0.25, 0.3) is 0 Å². The van der Waals surface area contributed by atoms with E-state index >= 15 is 0 Å². The molecule has 3 aromatic rings. The van der Waals surface area contributed by atoms with Crippen molar-refractivity contribution in [3.63, 3.8) is 0 Å². The zero-order valence-corrected chi connectivity index (χ0v) is 14.1. The van der Waals surface area contributed by atoms with Crippen LogP contribution in [0.1, 0.15) is 6.92 Å². The third-order valence-corrected chi connectivity index (χ3v) is 3.30. The summed E-state index contributed by atoms with van der Waals surface area (Å²) < 4.78 is 0. The third kappa shape index (κ3) is 3.91. The zero-order valence-electron chi connectivity index (χ0n) is 13.3. The van der Waals surface area contributed by atoms with E-state index in [9.17, 15) is 4.79 Å². The highest BCUT2D eigenvalue weighted by Crippen LogP contribution is 2.23. The van der Waals surface area contributed by atoms with Gasteiger partial charge in [-0.05, 0) is 36.4 Å². The third-order valence-electron chi connectivity index (χ3n) is 3.30. The standard InChI is InChI=1S/C17H17N5O.ClH/c1-11(23)19-12-7-9-13(10-8-12)20-17-21-15-6-4-3-5-14(15)16(18-2)22-17;/h3-10H,1-2H3,(H,19,23)(H2,18,20,21,22);1H. The van der Waals surface area contributed by atoms with E-state index in [2.05, 4.69) is 25.9 Å². The second kappa shape index (κ2) is 7.61. The average molecular weight is 344 g/mol. The maximum Gasteiger partial charge on any atom is 0.229 e. The maximum absolute atomic E-state index is 11.0. The van der Waals surface area contributed by atoms with E-state index < -0.39 is 0 Å². The van der Waals surface area contributed by atoms with Gasteiger partial charge in [0.1, 0.15) is 5.82 Å². The van der Waals surface area contributed by atoms with E-state index in [0.29, 0.717) is 5.95 Å².